The Bertz CT molecular complexity index is 1550. The zero-order valence-electron chi connectivity index (χ0n) is 20.3. The summed E-state index contributed by atoms with van der Waals surface area (Å²) in [6, 6.07) is 8.92. The summed E-state index contributed by atoms with van der Waals surface area (Å²) in [5.74, 6) is -0.345. The molecule has 1 aliphatic heterocycles. The van der Waals surface area contributed by atoms with Gasteiger partial charge in [0.15, 0.2) is 0 Å². The first kappa shape index (κ1) is 23.4. The highest BCUT2D eigenvalue weighted by molar-refractivity contribution is 5.89. The quantitative estimate of drug-likeness (QED) is 0.387. The molecule has 0 radical (unpaired) electrons. The van der Waals surface area contributed by atoms with Crippen LogP contribution in [0.2, 0.25) is 0 Å². The fourth-order valence-corrected chi connectivity index (χ4v) is 4.89. The lowest BCUT2D eigenvalue weighted by Gasteiger charge is -2.43. The molecule has 4 heterocycles. The van der Waals surface area contributed by atoms with Gasteiger partial charge in [0.05, 0.1) is 41.6 Å². The van der Waals surface area contributed by atoms with Gasteiger partial charge in [0.1, 0.15) is 18.1 Å². The predicted molar refractivity (Wildman–Crippen MR) is 133 cm³/mol. The van der Waals surface area contributed by atoms with Crippen molar-refractivity contribution in [2.24, 2.45) is 7.05 Å². The third-order valence-electron chi connectivity index (χ3n) is 6.88. The number of anilines is 1. The van der Waals surface area contributed by atoms with Crippen LogP contribution in [0.5, 0.6) is 0 Å². The number of fused-ring (bicyclic) bond motifs is 2. The smallest absolute Gasteiger partial charge is 0.324 e. The van der Waals surface area contributed by atoms with E-state index in [0.29, 0.717) is 36.4 Å². The van der Waals surface area contributed by atoms with Gasteiger partial charge in [-0.3, -0.25) is 29.1 Å². The second-order valence-electron chi connectivity index (χ2n) is 8.85. The van der Waals surface area contributed by atoms with Crippen molar-refractivity contribution in [3.63, 3.8) is 0 Å². The molecule has 0 N–H and O–H groups in total. The molecule has 0 bridgehead atoms. The summed E-state index contributed by atoms with van der Waals surface area (Å²) in [6.07, 6.45) is 5.02. The number of benzene rings is 1. The molecule has 11 heteroatoms. The topological polar surface area (TPSA) is 122 Å². The molecule has 0 amide bonds. The van der Waals surface area contributed by atoms with E-state index < -0.39 is 6.04 Å². The SMILES string of the molecule is COC(=O)C1CN(c2cc(=O)n(C)c3cn(CC#N)nc23)CCN1[C@@H](C)c1ccc2nccnc2c1. The number of hydrogen-bond donors (Lipinski definition) is 0. The zero-order chi connectivity index (χ0) is 25.4. The highest BCUT2D eigenvalue weighted by Gasteiger charge is 2.37. The van der Waals surface area contributed by atoms with Gasteiger partial charge in [-0.15, -0.1) is 0 Å². The van der Waals surface area contributed by atoms with E-state index in [0.717, 1.165) is 16.6 Å². The number of aromatic nitrogens is 5. The van der Waals surface area contributed by atoms with Crippen molar-refractivity contribution < 1.29 is 9.53 Å². The molecular weight excluding hydrogens is 460 g/mol. The van der Waals surface area contributed by atoms with Crippen molar-refractivity contribution in [1.29, 1.82) is 5.26 Å². The van der Waals surface area contributed by atoms with Crippen molar-refractivity contribution in [2.75, 3.05) is 31.6 Å². The van der Waals surface area contributed by atoms with Crippen LogP contribution >= 0.6 is 0 Å². The van der Waals surface area contributed by atoms with Crippen molar-refractivity contribution in [1.82, 2.24) is 29.2 Å². The number of nitriles is 1. The Kier molecular flexibility index (Phi) is 6.12. The van der Waals surface area contributed by atoms with Crippen LogP contribution in [0.4, 0.5) is 5.69 Å². The average molecular weight is 487 g/mol. The number of rotatable bonds is 5. The van der Waals surface area contributed by atoms with Gasteiger partial charge in [-0.1, -0.05) is 6.07 Å². The lowest BCUT2D eigenvalue weighted by atomic mass is 10.0. The van der Waals surface area contributed by atoms with E-state index >= 15 is 0 Å². The Morgan fingerprint density at radius 3 is 2.75 bits per heavy atom. The third-order valence-corrected chi connectivity index (χ3v) is 6.88. The fraction of sp³-hybridized carbons (Fsp3) is 0.360. The summed E-state index contributed by atoms with van der Waals surface area (Å²) in [7, 11) is 3.06. The summed E-state index contributed by atoms with van der Waals surface area (Å²) in [5, 5.41) is 13.6. The van der Waals surface area contributed by atoms with Gasteiger partial charge in [-0.2, -0.15) is 10.4 Å². The number of carbonyl (C=O) groups excluding carboxylic acids is 1. The number of methoxy groups -OCH3 is 1. The molecule has 0 spiro atoms. The van der Waals surface area contributed by atoms with Crippen LogP contribution in [0, 0.1) is 11.3 Å². The molecule has 1 saturated heterocycles. The van der Waals surface area contributed by atoms with Gasteiger partial charge in [-0.05, 0) is 24.6 Å². The van der Waals surface area contributed by atoms with Gasteiger partial charge in [0, 0.05) is 51.2 Å². The molecular formula is C25H26N8O3. The normalized spacial score (nSPS) is 17.3. The molecule has 1 aliphatic rings. The summed E-state index contributed by atoms with van der Waals surface area (Å²) >= 11 is 0. The Hall–Kier alpha value is -4.30. The highest BCUT2D eigenvalue weighted by atomic mass is 16.5. The van der Waals surface area contributed by atoms with Crippen molar-refractivity contribution in [3.8, 4) is 6.07 Å². The van der Waals surface area contributed by atoms with Gasteiger partial charge in [0.25, 0.3) is 5.56 Å². The van der Waals surface area contributed by atoms with Crippen molar-refractivity contribution in [3.05, 3.63) is 58.8 Å². The van der Waals surface area contributed by atoms with E-state index in [2.05, 4.69) is 33.0 Å². The first-order valence-corrected chi connectivity index (χ1v) is 11.6. The monoisotopic (exact) mass is 486 g/mol. The summed E-state index contributed by atoms with van der Waals surface area (Å²) in [5.41, 5.74) is 4.35. The molecule has 1 fully saturated rings. The van der Waals surface area contributed by atoms with E-state index in [1.165, 1.54) is 16.4 Å². The standard InChI is InChI=1S/C25H26N8O3/c1-16(17-4-5-18-19(12-17)28-8-7-27-18)33-11-10-31(14-22(33)25(35)36-3)20-13-23(34)30(2)21-15-32(9-6-26)29-24(20)21/h4-5,7-8,12-13,15-16,22H,9-11,14H2,1-3H3/t16-,22?/m0/s1. The highest BCUT2D eigenvalue weighted by Crippen LogP contribution is 2.31. The molecule has 1 aromatic carbocycles. The van der Waals surface area contributed by atoms with Crippen LogP contribution in [-0.2, 0) is 23.1 Å². The average Bonchev–Trinajstić information content (AvgIpc) is 3.33. The molecule has 0 saturated carbocycles. The molecule has 2 atom stereocenters. The summed E-state index contributed by atoms with van der Waals surface area (Å²) in [4.78, 5) is 38.5. The first-order chi connectivity index (χ1) is 17.4. The number of carbonyl (C=O) groups is 1. The van der Waals surface area contributed by atoms with Crippen molar-refractivity contribution >= 4 is 33.7 Å². The maximum Gasteiger partial charge on any atom is 0.324 e. The fourth-order valence-electron chi connectivity index (χ4n) is 4.89. The van der Waals surface area contributed by atoms with Crippen LogP contribution in [-0.4, -0.2) is 68.0 Å². The van der Waals surface area contributed by atoms with E-state index in [1.54, 1.807) is 31.7 Å². The number of hydrogen-bond acceptors (Lipinski definition) is 9. The van der Waals surface area contributed by atoms with Crippen LogP contribution < -0.4 is 10.5 Å². The number of aryl methyl sites for hydroxylation is 1. The van der Waals surface area contributed by atoms with Crippen LogP contribution in [0.1, 0.15) is 18.5 Å². The molecule has 11 nitrogen and oxygen atoms in total. The molecule has 0 aliphatic carbocycles. The molecule has 4 aromatic rings. The Morgan fingerprint density at radius 2 is 2.00 bits per heavy atom. The number of nitrogens with zero attached hydrogens (tertiary/aromatic N) is 8. The molecule has 36 heavy (non-hydrogen) atoms. The minimum absolute atomic E-state index is 0.0779. The minimum Gasteiger partial charge on any atom is -0.468 e. The van der Waals surface area contributed by atoms with Crippen LogP contribution in [0.25, 0.3) is 22.1 Å². The number of esters is 1. The Balaban J connectivity index is 1.49. The molecule has 5 rings (SSSR count). The maximum atomic E-state index is 12.9. The lowest BCUT2D eigenvalue weighted by molar-refractivity contribution is -0.148. The first-order valence-electron chi connectivity index (χ1n) is 11.6. The molecule has 3 aromatic heterocycles. The minimum atomic E-state index is -0.559. The van der Waals surface area contributed by atoms with Crippen LogP contribution in [0.15, 0.2) is 47.7 Å². The maximum absolute atomic E-state index is 12.9. The van der Waals surface area contributed by atoms with Gasteiger partial charge >= 0.3 is 5.97 Å². The van der Waals surface area contributed by atoms with E-state index in [-0.39, 0.29) is 24.1 Å². The number of ether oxygens (including phenoxy) is 1. The Labute approximate surface area is 207 Å². The van der Waals surface area contributed by atoms with E-state index in [4.69, 9.17) is 10.00 Å². The Morgan fingerprint density at radius 1 is 1.22 bits per heavy atom. The van der Waals surface area contributed by atoms with E-state index in [9.17, 15) is 9.59 Å². The predicted octanol–water partition coefficient (Wildman–Crippen LogP) is 1.63. The van der Waals surface area contributed by atoms with Crippen LogP contribution in [0.3, 0.4) is 0 Å². The zero-order valence-corrected chi connectivity index (χ0v) is 20.3. The van der Waals surface area contributed by atoms with Gasteiger partial charge in [-0.25, -0.2) is 0 Å². The summed E-state index contributed by atoms with van der Waals surface area (Å²) < 4.78 is 8.21. The van der Waals surface area contributed by atoms with E-state index in [1.807, 2.05) is 23.1 Å². The van der Waals surface area contributed by atoms with Gasteiger partial charge < -0.3 is 14.2 Å². The number of pyridine rings is 1. The lowest BCUT2D eigenvalue weighted by Crippen LogP contribution is -2.57. The second kappa shape index (κ2) is 9.39. The van der Waals surface area contributed by atoms with Crippen molar-refractivity contribution in [2.45, 2.75) is 25.6 Å². The summed E-state index contributed by atoms with van der Waals surface area (Å²) in [6.45, 7) is 3.61. The molecule has 1 unspecified atom stereocenters. The second-order valence-corrected chi connectivity index (χ2v) is 8.85. The molecule has 184 valence electrons. The largest absolute Gasteiger partial charge is 0.468 e. The number of piperazine rings is 1. The van der Waals surface area contributed by atoms with Gasteiger partial charge in [0.2, 0.25) is 0 Å². The third kappa shape index (κ3) is 4.05.